The normalized spacial score (nSPS) is 12.8. The van der Waals surface area contributed by atoms with Gasteiger partial charge in [0.15, 0.2) is 0 Å². The molecule has 0 heterocycles. The Morgan fingerprint density at radius 2 is 1.45 bits per heavy atom. The monoisotopic (exact) mass is 176 g/mol. The molecule has 0 amide bonds. The SMILES string of the molecule is C.C.CCC(C)C[Si](C)(C)C. The summed E-state index contributed by atoms with van der Waals surface area (Å²) in [6, 6.07) is 1.49. The molecule has 0 aromatic rings. The zero-order chi connectivity index (χ0) is 7.49. The minimum absolute atomic E-state index is 0. The summed E-state index contributed by atoms with van der Waals surface area (Å²) in [6.07, 6.45) is 1.35. The topological polar surface area (TPSA) is 0 Å². The lowest BCUT2D eigenvalue weighted by Gasteiger charge is -2.19. The summed E-state index contributed by atoms with van der Waals surface area (Å²) >= 11 is 0. The van der Waals surface area contributed by atoms with Gasteiger partial charge in [-0.3, -0.25) is 0 Å². The van der Waals surface area contributed by atoms with Crippen molar-refractivity contribution in [3.63, 3.8) is 0 Å². The van der Waals surface area contributed by atoms with Gasteiger partial charge in [0.2, 0.25) is 0 Å². The molecule has 0 spiro atoms. The summed E-state index contributed by atoms with van der Waals surface area (Å²) in [4.78, 5) is 0. The van der Waals surface area contributed by atoms with Crippen molar-refractivity contribution in [2.75, 3.05) is 0 Å². The van der Waals surface area contributed by atoms with Crippen molar-refractivity contribution in [1.82, 2.24) is 0 Å². The van der Waals surface area contributed by atoms with E-state index in [-0.39, 0.29) is 14.9 Å². The van der Waals surface area contributed by atoms with E-state index >= 15 is 0 Å². The Labute approximate surface area is 75.4 Å². The van der Waals surface area contributed by atoms with Crippen LogP contribution in [-0.4, -0.2) is 8.07 Å². The van der Waals surface area contributed by atoms with Gasteiger partial charge in [0.05, 0.1) is 0 Å². The van der Waals surface area contributed by atoms with Crippen LogP contribution in [0.2, 0.25) is 25.7 Å². The molecule has 0 nitrogen and oxygen atoms in total. The molecule has 1 atom stereocenters. The number of hydrogen-bond acceptors (Lipinski definition) is 0. The molecule has 0 rings (SSSR count). The lowest BCUT2D eigenvalue weighted by molar-refractivity contribution is 0.616. The molecule has 0 aliphatic carbocycles. The van der Waals surface area contributed by atoms with Gasteiger partial charge in [0, 0.05) is 8.07 Å². The van der Waals surface area contributed by atoms with Crippen LogP contribution in [0.3, 0.4) is 0 Å². The predicted octanol–water partition coefficient (Wildman–Crippen LogP) is 4.64. The Hall–Kier alpha value is 0.217. The smallest absolute Gasteiger partial charge is 0.0445 e. The van der Waals surface area contributed by atoms with Crippen LogP contribution in [0.4, 0.5) is 0 Å². The van der Waals surface area contributed by atoms with Crippen molar-refractivity contribution in [1.29, 1.82) is 0 Å². The second-order valence-electron chi connectivity index (χ2n) is 4.28. The summed E-state index contributed by atoms with van der Waals surface area (Å²) in [7, 11) is -0.741. The summed E-state index contributed by atoms with van der Waals surface area (Å²) in [6.45, 7) is 12.0. The first-order valence-electron chi connectivity index (χ1n) is 3.95. The molecule has 0 aromatic heterocycles. The Morgan fingerprint density at radius 1 is 1.09 bits per heavy atom. The van der Waals surface area contributed by atoms with Gasteiger partial charge in [-0.15, -0.1) is 0 Å². The molecule has 1 unspecified atom stereocenters. The largest absolute Gasteiger partial charge is 0.0776 e. The van der Waals surface area contributed by atoms with Crippen LogP contribution in [0.25, 0.3) is 0 Å². The fourth-order valence-corrected chi connectivity index (χ4v) is 3.57. The van der Waals surface area contributed by atoms with E-state index in [1.807, 2.05) is 0 Å². The second-order valence-corrected chi connectivity index (χ2v) is 9.81. The average Bonchev–Trinajstić information content (AvgIpc) is 1.62. The zero-order valence-corrected chi connectivity index (χ0v) is 8.49. The Morgan fingerprint density at radius 3 is 1.55 bits per heavy atom. The van der Waals surface area contributed by atoms with Gasteiger partial charge < -0.3 is 0 Å². The van der Waals surface area contributed by atoms with Crippen LogP contribution in [0.1, 0.15) is 35.1 Å². The van der Waals surface area contributed by atoms with Crippen LogP contribution in [0.15, 0.2) is 0 Å². The third kappa shape index (κ3) is 13.2. The highest BCUT2D eigenvalue weighted by atomic mass is 28.3. The molecule has 0 saturated carbocycles. The third-order valence-corrected chi connectivity index (χ3v) is 3.58. The highest BCUT2D eigenvalue weighted by molar-refractivity contribution is 6.76. The van der Waals surface area contributed by atoms with E-state index in [1.54, 1.807) is 0 Å². The molecule has 11 heavy (non-hydrogen) atoms. The Kier molecular flexibility index (Phi) is 10.9. The van der Waals surface area contributed by atoms with E-state index in [4.69, 9.17) is 0 Å². The molecule has 0 aliphatic heterocycles. The average molecular weight is 176 g/mol. The first kappa shape index (κ1) is 17.3. The van der Waals surface area contributed by atoms with Gasteiger partial charge in [-0.1, -0.05) is 60.8 Å². The lowest BCUT2D eigenvalue weighted by Crippen LogP contribution is -2.22. The Bertz CT molecular complexity index is 71.4. The van der Waals surface area contributed by atoms with Gasteiger partial charge >= 0.3 is 0 Å². The molecular weight excluding hydrogens is 148 g/mol. The van der Waals surface area contributed by atoms with Crippen LogP contribution in [0, 0.1) is 5.92 Å². The second kappa shape index (κ2) is 6.90. The summed E-state index contributed by atoms with van der Waals surface area (Å²) in [5, 5.41) is 0. The van der Waals surface area contributed by atoms with Crippen molar-refractivity contribution in [2.45, 2.75) is 60.8 Å². The molecule has 0 fully saturated rings. The van der Waals surface area contributed by atoms with E-state index in [0.717, 1.165) is 5.92 Å². The Balaban J connectivity index is -0.000000320. The van der Waals surface area contributed by atoms with E-state index in [9.17, 15) is 0 Å². The molecule has 0 aromatic carbocycles. The zero-order valence-electron chi connectivity index (χ0n) is 7.49. The highest BCUT2D eigenvalue weighted by Crippen LogP contribution is 2.18. The maximum Gasteiger partial charge on any atom is 0.0445 e. The van der Waals surface area contributed by atoms with Gasteiger partial charge in [0.1, 0.15) is 0 Å². The minimum atomic E-state index is -0.741. The third-order valence-electron chi connectivity index (χ3n) is 1.66. The molecule has 0 saturated heterocycles. The van der Waals surface area contributed by atoms with Gasteiger partial charge in [-0.05, 0) is 5.92 Å². The van der Waals surface area contributed by atoms with Crippen molar-refractivity contribution in [2.24, 2.45) is 5.92 Å². The van der Waals surface area contributed by atoms with Crippen LogP contribution in [0.5, 0.6) is 0 Å². The molecule has 1 heteroatoms. The molecule has 72 valence electrons. The first-order chi connectivity index (χ1) is 3.95. The van der Waals surface area contributed by atoms with Crippen LogP contribution >= 0.6 is 0 Å². The van der Waals surface area contributed by atoms with E-state index in [1.165, 1.54) is 12.5 Å². The van der Waals surface area contributed by atoms with E-state index in [2.05, 4.69) is 33.5 Å². The fourth-order valence-electron chi connectivity index (χ4n) is 1.19. The van der Waals surface area contributed by atoms with Gasteiger partial charge in [-0.25, -0.2) is 0 Å². The first-order valence-corrected chi connectivity index (χ1v) is 7.66. The summed E-state index contributed by atoms with van der Waals surface area (Å²) in [5.41, 5.74) is 0. The highest BCUT2D eigenvalue weighted by Gasteiger charge is 2.15. The quantitative estimate of drug-likeness (QED) is 0.549. The van der Waals surface area contributed by atoms with Crippen molar-refractivity contribution in [3.05, 3.63) is 0 Å². The molecule has 0 radical (unpaired) electrons. The van der Waals surface area contributed by atoms with Crippen molar-refractivity contribution < 1.29 is 0 Å². The van der Waals surface area contributed by atoms with Crippen LogP contribution in [-0.2, 0) is 0 Å². The van der Waals surface area contributed by atoms with Crippen molar-refractivity contribution >= 4 is 8.07 Å². The number of hydrogen-bond donors (Lipinski definition) is 0. The molecule has 0 bridgehead atoms. The minimum Gasteiger partial charge on any atom is -0.0776 e. The van der Waals surface area contributed by atoms with E-state index in [0.29, 0.717) is 0 Å². The van der Waals surface area contributed by atoms with Gasteiger partial charge in [-0.2, -0.15) is 0 Å². The molecule has 0 N–H and O–H groups in total. The fraction of sp³-hybridized carbons (Fsp3) is 1.00. The maximum atomic E-state index is 2.44. The van der Waals surface area contributed by atoms with E-state index < -0.39 is 8.07 Å². The van der Waals surface area contributed by atoms with Gasteiger partial charge in [0.25, 0.3) is 0 Å². The standard InChI is InChI=1S/C8H20Si.2CH4/c1-6-8(2)7-9(3,4)5;;/h8H,6-7H2,1-5H3;2*1H4. The molecular formula is C10H28Si. The molecule has 0 aliphatic rings. The summed E-state index contributed by atoms with van der Waals surface area (Å²) < 4.78 is 0. The number of rotatable bonds is 3. The lowest BCUT2D eigenvalue weighted by atomic mass is 10.2. The van der Waals surface area contributed by atoms with Crippen molar-refractivity contribution in [3.8, 4) is 0 Å². The van der Waals surface area contributed by atoms with Crippen LogP contribution < -0.4 is 0 Å². The predicted molar refractivity (Wildman–Crippen MR) is 61.1 cm³/mol. The summed E-state index contributed by atoms with van der Waals surface area (Å²) in [5.74, 6) is 0.955. The maximum absolute atomic E-state index is 2.44.